The summed E-state index contributed by atoms with van der Waals surface area (Å²) in [6, 6.07) is 0.643. The molecule has 7 heteroatoms. The molecule has 140 valence electrons. The highest BCUT2D eigenvalue weighted by Crippen LogP contribution is 2.44. The fourth-order valence-corrected chi connectivity index (χ4v) is 4.34. The molecule has 4 atom stereocenters. The number of nitrogens with zero attached hydrogens (tertiary/aromatic N) is 3. The molecule has 2 amide bonds. The molecular formula is C18H31N5O2. The minimum Gasteiger partial charge on any atom is -0.353 e. The first kappa shape index (κ1) is 18.0. The number of carbonyl (C=O) groups is 2. The Hall–Kier alpha value is -1.79. The Labute approximate surface area is 150 Å². The molecule has 2 N–H and O–H groups in total. The number of likely N-dealkylation sites (tertiary alicyclic amines) is 1. The summed E-state index contributed by atoms with van der Waals surface area (Å²) in [5, 5.41) is 7.04. The Balaban J connectivity index is 1.62. The van der Waals surface area contributed by atoms with E-state index in [4.69, 9.17) is 0 Å². The molecular weight excluding hydrogens is 318 g/mol. The number of piperidine rings is 1. The van der Waals surface area contributed by atoms with E-state index in [2.05, 4.69) is 15.6 Å². The Morgan fingerprint density at radius 1 is 1.24 bits per heavy atom. The topological polar surface area (TPSA) is 77.0 Å². The summed E-state index contributed by atoms with van der Waals surface area (Å²) in [7, 11) is 5.33. The van der Waals surface area contributed by atoms with Crippen molar-refractivity contribution in [3.05, 3.63) is 0 Å². The summed E-state index contributed by atoms with van der Waals surface area (Å²) in [5.41, 5.74) is 0. The van der Waals surface area contributed by atoms with Crippen LogP contribution in [-0.2, 0) is 9.59 Å². The first-order chi connectivity index (χ1) is 11.9. The van der Waals surface area contributed by atoms with Crippen LogP contribution in [0.2, 0.25) is 0 Å². The number of amides is 2. The third-order valence-corrected chi connectivity index (χ3v) is 5.90. The second-order valence-electron chi connectivity index (χ2n) is 8.03. The number of rotatable bonds is 4. The number of likely N-dealkylation sites (N-methyl/N-ethyl adjacent to an activating group) is 2. The minimum atomic E-state index is -0.00928. The number of carbonyl (C=O) groups excluding carboxylic acids is 2. The molecule has 2 bridgehead atoms. The van der Waals surface area contributed by atoms with Gasteiger partial charge in [0.25, 0.3) is 0 Å². The van der Waals surface area contributed by atoms with Gasteiger partial charge in [0.1, 0.15) is 6.54 Å². The summed E-state index contributed by atoms with van der Waals surface area (Å²) in [4.78, 5) is 31.4. The summed E-state index contributed by atoms with van der Waals surface area (Å²) in [6.45, 7) is 0.822. The van der Waals surface area contributed by atoms with E-state index in [-0.39, 0.29) is 24.4 Å². The van der Waals surface area contributed by atoms with Crippen molar-refractivity contribution in [3.8, 4) is 0 Å². The monoisotopic (exact) mass is 349 g/mol. The molecule has 0 radical (unpaired) electrons. The van der Waals surface area contributed by atoms with E-state index in [9.17, 15) is 9.59 Å². The van der Waals surface area contributed by atoms with Crippen molar-refractivity contribution in [2.75, 3.05) is 34.2 Å². The molecule has 0 aromatic rings. The molecule has 1 heterocycles. The standard InChI is InChI=1S/C18H31N5O2/c1-22(2)17(25)10-19-18(20-14-6-7-16(24)23(3)11-14)21-15-9-12-4-5-13(15)8-12/h12-15H,4-11H2,1-3H3,(H2,19,20,21). The zero-order valence-corrected chi connectivity index (χ0v) is 15.6. The summed E-state index contributed by atoms with van der Waals surface area (Å²) in [6.07, 6.45) is 6.55. The van der Waals surface area contributed by atoms with Crippen LogP contribution < -0.4 is 10.6 Å². The van der Waals surface area contributed by atoms with Gasteiger partial charge in [-0.25, -0.2) is 4.99 Å². The van der Waals surface area contributed by atoms with E-state index in [1.807, 2.05) is 7.05 Å². The molecule has 7 nitrogen and oxygen atoms in total. The van der Waals surface area contributed by atoms with E-state index >= 15 is 0 Å². The van der Waals surface area contributed by atoms with Gasteiger partial charge in [0, 0.05) is 46.2 Å². The predicted octanol–water partition coefficient (Wildman–Crippen LogP) is 0.419. The van der Waals surface area contributed by atoms with Crippen molar-refractivity contribution in [1.29, 1.82) is 0 Å². The van der Waals surface area contributed by atoms with Gasteiger partial charge in [0.15, 0.2) is 5.96 Å². The molecule has 1 saturated heterocycles. The Morgan fingerprint density at radius 2 is 2.04 bits per heavy atom. The molecule has 4 unspecified atom stereocenters. The average molecular weight is 349 g/mol. The van der Waals surface area contributed by atoms with Crippen LogP contribution >= 0.6 is 0 Å². The zero-order chi connectivity index (χ0) is 18.0. The van der Waals surface area contributed by atoms with Crippen molar-refractivity contribution in [3.63, 3.8) is 0 Å². The molecule has 25 heavy (non-hydrogen) atoms. The van der Waals surface area contributed by atoms with Crippen LogP contribution in [0.1, 0.15) is 38.5 Å². The number of fused-ring (bicyclic) bond motifs is 2. The van der Waals surface area contributed by atoms with Crippen LogP contribution in [0, 0.1) is 11.8 Å². The molecule has 3 aliphatic rings. The molecule has 2 saturated carbocycles. The molecule has 0 aromatic heterocycles. The molecule has 0 aromatic carbocycles. The fourth-order valence-electron chi connectivity index (χ4n) is 4.34. The number of aliphatic imine (C=N–C) groups is 1. The van der Waals surface area contributed by atoms with Crippen molar-refractivity contribution >= 4 is 17.8 Å². The predicted molar refractivity (Wildman–Crippen MR) is 97.2 cm³/mol. The summed E-state index contributed by atoms with van der Waals surface area (Å²) >= 11 is 0. The zero-order valence-electron chi connectivity index (χ0n) is 15.6. The van der Waals surface area contributed by atoms with Crippen LogP contribution in [0.4, 0.5) is 0 Å². The van der Waals surface area contributed by atoms with Crippen molar-refractivity contribution in [1.82, 2.24) is 20.4 Å². The van der Waals surface area contributed by atoms with Crippen molar-refractivity contribution < 1.29 is 9.59 Å². The van der Waals surface area contributed by atoms with Gasteiger partial charge in [-0.05, 0) is 37.5 Å². The van der Waals surface area contributed by atoms with Crippen LogP contribution in [0.5, 0.6) is 0 Å². The second-order valence-corrected chi connectivity index (χ2v) is 8.03. The first-order valence-corrected chi connectivity index (χ1v) is 9.44. The van der Waals surface area contributed by atoms with Gasteiger partial charge < -0.3 is 20.4 Å². The van der Waals surface area contributed by atoms with E-state index in [1.54, 1.807) is 23.9 Å². The van der Waals surface area contributed by atoms with Gasteiger partial charge in [-0.15, -0.1) is 0 Å². The molecule has 1 aliphatic heterocycles. The molecule has 0 spiro atoms. The first-order valence-electron chi connectivity index (χ1n) is 9.44. The largest absolute Gasteiger partial charge is 0.353 e. The average Bonchev–Trinajstić information content (AvgIpc) is 3.18. The summed E-state index contributed by atoms with van der Waals surface area (Å²) in [5.74, 6) is 2.49. The molecule has 2 aliphatic carbocycles. The lowest BCUT2D eigenvalue weighted by Gasteiger charge is -2.33. The van der Waals surface area contributed by atoms with Crippen LogP contribution in [-0.4, -0.2) is 73.9 Å². The third-order valence-electron chi connectivity index (χ3n) is 5.90. The normalized spacial score (nSPS) is 32.0. The number of nitrogens with one attached hydrogen (secondary N) is 2. The maximum atomic E-state index is 11.9. The highest BCUT2D eigenvalue weighted by molar-refractivity contribution is 5.85. The lowest BCUT2D eigenvalue weighted by Crippen LogP contribution is -2.54. The lowest BCUT2D eigenvalue weighted by atomic mass is 9.95. The van der Waals surface area contributed by atoms with Gasteiger partial charge in [-0.3, -0.25) is 9.59 Å². The SMILES string of the molecule is CN(C)C(=O)CN=C(NC1CCC(=O)N(C)C1)NC1CC2CCC1C2. The van der Waals surface area contributed by atoms with Gasteiger partial charge in [-0.2, -0.15) is 0 Å². The van der Waals surface area contributed by atoms with Crippen molar-refractivity contribution in [2.24, 2.45) is 16.8 Å². The number of hydrogen-bond acceptors (Lipinski definition) is 3. The van der Waals surface area contributed by atoms with Gasteiger partial charge in [0.2, 0.25) is 11.8 Å². The maximum Gasteiger partial charge on any atom is 0.243 e. The Kier molecular flexibility index (Phi) is 5.49. The van der Waals surface area contributed by atoms with Crippen LogP contribution in [0.25, 0.3) is 0 Å². The van der Waals surface area contributed by atoms with E-state index < -0.39 is 0 Å². The third kappa shape index (κ3) is 4.44. The van der Waals surface area contributed by atoms with Crippen LogP contribution in [0.3, 0.4) is 0 Å². The number of hydrogen-bond donors (Lipinski definition) is 2. The smallest absolute Gasteiger partial charge is 0.243 e. The van der Waals surface area contributed by atoms with Gasteiger partial charge >= 0.3 is 0 Å². The second kappa shape index (κ2) is 7.62. The van der Waals surface area contributed by atoms with Gasteiger partial charge in [-0.1, -0.05) is 6.42 Å². The maximum absolute atomic E-state index is 11.9. The van der Waals surface area contributed by atoms with E-state index in [0.29, 0.717) is 19.0 Å². The minimum absolute atomic E-state index is 0.00928. The van der Waals surface area contributed by atoms with E-state index in [0.717, 1.165) is 24.2 Å². The highest BCUT2D eigenvalue weighted by Gasteiger charge is 2.40. The van der Waals surface area contributed by atoms with Crippen molar-refractivity contribution in [2.45, 2.75) is 50.6 Å². The Bertz CT molecular complexity index is 548. The number of guanidine groups is 1. The quantitative estimate of drug-likeness (QED) is 0.570. The van der Waals surface area contributed by atoms with Gasteiger partial charge in [0.05, 0.1) is 0 Å². The highest BCUT2D eigenvalue weighted by atomic mass is 16.2. The molecule has 3 rings (SSSR count). The Morgan fingerprint density at radius 3 is 2.64 bits per heavy atom. The fraction of sp³-hybridized carbons (Fsp3) is 0.833. The molecule has 3 fully saturated rings. The lowest BCUT2D eigenvalue weighted by molar-refractivity contribution is -0.132. The van der Waals surface area contributed by atoms with E-state index in [1.165, 1.54) is 25.7 Å². The summed E-state index contributed by atoms with van der Waals surface area (Å²) < 4.78 is 0. The van der Waals surface area contributed by atoms with Crippen LogP contribution in [0.15, 0.2) is 4.99 Å².